The number of hydrogen-bond acceptors (Lipinski definition) is 3. The molecule has 0 atom stereocenters. The Hall–Kier alpha value is -3.82. The molecule has 0 saturated heterocycles. The second kappa shape index (κ2) is 11.5. The zero-order valence-corrected chi connectivity index (χ0v) is 23.4. The van der Waals surface area contributed by atoms with E-state index in [4.69, 9.17) is 5.10 Å². The highest BCUT2D eigenvalue weighted by Gasteiger charge is 2.31. The van der Waals surface area contributed by atoms with Crippen molar-refractivity contribution in [3.05, 3.63) is 70.9 Å². The highest BCUT2D eigenvalue weighted by Crippen LogP contribution is 2.31. The number of aryl methyl sites for hydroxylation is 2. The van der Waals surface area contributed by atoms with Crippen LogP contribution < -0.4 is 10.6 Å². The van der Waals surface area contributed by atoms with Gasteiger partial charge in [-0.3, -0.25) is 4.79 Å². The molecule has 210 valence electrons. The molecule has 39 heavy (non-hydrogen) atoms. The van der Waals surface area contributed by atoms with Crippen LogP contribution in [0.25, 0.3) is 5.69 Å². The van der Waals surface area contributed by atoms with Crippen molar-refractivity contribution in [1.82, 2.24) is 14.7 Å². The third-order valence-electron chi connectivity index (χ3n) is 5.97. The minimum atomic E-state index is -4.54. The van der Waals surface area contributed by atoms with Gasteiger partial charge in [-0.05, 0) is 49.6 Å². The third kappa shape index (κ3) is 7.84. The molecule has 0 saturated carbocycles. The van der Waals surface area contributed by atoms with Gasteiger partial charge in [0.2, 0.25) is 5.91 Å². The number of aromatic nitrogens is 2. The first-order chi connectivity index (χ1) is 18.0. The molecule has 3 aromatic rings. The van der Waals surface area contributed by atoms with Crippen LogP contribution in [0.1, 0.15) is 57.0 Å². The van der Waals surface area contributed by atoms with Crippen molar-refractivity contribution in [3.63, 3.8) is 0 Å². The zero-order chi connectivity index (χ0) is 29.1. The molecule has 1 aromatic heterocycles. The van der Waals surface area contributed by atoms with Crippen LogP contribution in [0.2, 0.25) is 0 Å². The van der Waals surface area contributed by atoms with E-state index in [1.807, 2.05) is 72.7 Å². The first kappa shape index (κ1) is 29.7. The number of nitrogens with one attached hydrogen (secondary N) is 2. The summed E-state index contributed by atoms with van der Waals surface area (Å²) in [6.07, 6.45) is -4.54. The molecule has 2 aromatic carbocycles. The molecule has 0 aliphatic rings. The Morgan fingerprint density at radius 2 is 1.69 bits per heavy atom. The Kier molecular flexibility index (Phi) is 8.77. The number of anilines is 2. The van der Waals surface area contributed by atoms with Gasteiger partial charge in [0.05, 0.1) is 16.9 Å². The van der Waals surface area contributed by atoms with Crippen LogP contribution in [0, 0.1) is 19.8 Å². The Labute approximate surface area is 227 Å². The monoisotopic (exact) mass is 543 g/mol. The van der Waals surface area contributed by atoms with E-state index in [0.29, 0.717) is 5.82 Å². The second-order valence-electron chi connectivity index (χ2n) is 11.2. The van der Waals surface area contributed by atoms with Gasteiger partial charge in [-0.15, -0.1) is 0 Å². The molecule has 0 unspecified atom stereocenters. The largest absolute Gasteiger partial charge is 0.416 e. The highest BCUT2D eigenvalue weighted by molar-refractivity contribution is 5.96. The van der Waals surface area contributed by atoms with E-state index in [2.05, 4.69) is 10.6 Å². The molecule has 0 aliphatic carbocycles. The van der Waals surface area contributed by atoms with Gasteiger partial charge in [-0.2, -0.15) is 18.3 Å². The maximum atomic E-state index is 13.2. The molecular formula is C29H36F3N5O2. The van der Waals surface area contributed by atoms with E-state index in [9.17, 15) is 22.8 Å². The standard InChI is InChI=1S/C29H36F3N5O2/c1-18(2)16-36(27(39)33-22-10-8-9-21(14-22)29(30,31)32)17-26(38)34-25-15-24(28(5,6)7)35-37(25)23-12-11-19(3)13-20(23)4/h8-15,18H,16-17H2,1-7H3,(H,33,39)(H,34,38). The highest BCUT2D eigenvalue weighted by atomic mass is 19.4. The van der Waals surface area contributed by atoms with E-state index in [-0.39, 0.29) is 30.1 Å². The maximum Gasteiger partial charge on any atom is 0.416 e. The van der Waals surface area contributed by atoms with Gasteiger partial charge in [-0.1, -0.05) is 58.4 Å². The summed E-state index contributed by atoms with van der Waals surface area (Å²) >= 11 is 0. The average Bonchev–Trinajstić information content (AvgIpc) is 3.22. The lowest BCUT2D eigenvalue weighted by atomic mass is 9.92. The number of benzene rings is 2. The number of urea groups is 1. The van der Waals surface area contributed by atoms with Crippen LogP contribution in [-0.4, -0.2) is 39.7 Å². The summed E-state index contributed by atoms with van der Waals surface area (Å²) in [6, 6.07) is 11.5. The van der Waals surface area contributed by atoms with E-state index in [1.165, 1.54) is 17.0 Å². The number of amides is 3. The molecule has 0 spiro atoms. The van der Waals surface area contributed by atoms with Crippen molar-refractivity contribution in [2.75, 3.05) is 23.7 Å². The summed E-state index contributed by atoms with van der Waals surface area (Å²) in [5.74, 6) is 0.0131. The van der Waals surface area contributed by atoms with Crippen molar-refractivity contribution in [3.8, 4) is 5.69 Å². The van der Waals surface area contributed by atoms with E-state index in [1.54, 1.807) is 4.68 Å². The molecule has 1 heterocycles. The van der Waals surface area contributed by atoms with Gasteiger partial charge in [0.1, 0.15) is 12.4 Å². The molecule has 0 bridgehead atoms. The molecule has 2 N–H and O–H groups in total. The fourth-order valence-corrected chi connectivity index (χ4v) is 4.05. The SMILES string of the molecule is Cc1ccc(-n2nc(C(C)(C)C)cc2NC(=O)CN(CC(C)C)C(=O)Nc2cccc(C(F)(F)F)c2)c(C)c1. The van der Waals surface area contributed by atoms with Gasteiger partial charge >= 0.3 is 12.2 Å². The lowest BCUT2D eigenvalue weighted by Crippen LogP contribution is -2.42. The molecule has 3 rings (SSSR count). The van der Waals surface area contributed by atoms with E-state index in [0.717, 1.165) is 34.6 Å². The number of hydrogen-bond donors (Lipinski definition) is 2. The summed E-state index contributed by atoms with van der Waals surface area (Å²) in [6.45, 7) is 13.7. The third-order valence-corrected chi connectivity index (χ3v) is 5.97. The molecule has 7 nitrogen and oxygen atoms in total. The smallest absolute Gasteiger partial charge is 0.315 e. The van der Waals surface area contributed by atoms with Crippen molar-refractivity contribution in [2.24, 2.45) is 5.92 Å². The molecule has 3 amide bonds. The van der Waals surface area contributed by atoms with Crippen molar-refractivity contribution < 1.29 is 22.8 Å². The summed E-state index contributed by atoms with van der Waals surface area (Å²) in [5, 5.41) is 10.1. The number of carbonyl (C=O) groups excluding carboxylic acids is 2. The fraction of sp³-hybridized carbons (Fsp3) is 0.414. The molecule has 0 aliphatic heterocycles. The van der Waals surface area contributed by atoms with Crippen LogP contribution in [0.3, 0.4) is 0 Å². The number of alkyl halides is 3. The van der Waals surface area contributed by atoms with Crippen molar-refractivity contribution in [1.29, 1.82) is 0 Å². The predicted octanol–water partition coefficient (Wildman–Crippen LogP) is 6.93. The Morgan fingerprint density at radius 3 is 2.28 bits per heavy atom. The minimum Gasteiger partial charge on any atom is -0.315 e. The fourth-order valence-electron chi connectivity index (χ4n) is 4.05. The minimum absolute atomic E-state index is 0.00766. The molecule has 10 heteroatoms. The normalized spacial score (nSPS) is 12.0. The van der Waals surface area contributed by atoms with Gasteiger partial charge in [0.25, 0.3) is 0 Å². The van der Waals surface area contributed by atoms with E-state index < -0.39 is 23.7 Å². The van der Waals surface area contributed by atoms with Gasteiger partial charge < -0.3 is 15.5 Å². The lowest BCUT2D eigenvalue weighted by molar-refractivity contribution is -0.137. The summed E-state index contributed by atoms with van der Waals surface area (Å²) in [5.41, 5.74) is 2.51. The number of rotatable bonds is 7. The van der Waals surface area contributed by atoms with Crippen molar-refractivity contribution in [2.45, 2.75) is 60.1 Å². The zero-order valence-electron chi connectivity index (χ0n) is 23.4. The van der Waals surface area contributed by atoms with Crippen LogP contribution >= 0.6 is 0 Å². The number of nitrogens with zero attached hydrogens (tertiary/aromatic N) is 3. The summed E-state index contributed by atoms with van der Waals surface area (Å²) < 4.78 is 41.0. The Bertz CT molecular complexity index is 1340. The molecule has 0 fully saturated rings. The molecular weight excluding hydrogens is 507 g/mol. The molecule has 0 radical (unpaired) electrons. The topological polar surface area (TPSA) is 79.3 Å². The quantitative estimate of drug-likeness (QED) is 0.339. The predicted molar refractivity (Wildman–Crippen MR) is 147 cm³/mol. The van der Waals surface area contributed by atoms with Gasteiger partial charge in [0, 0.05) is 23.7 Å². The first-order valence-corrected chi connectivity index (χ1v) is 12.8. The summed E-state index contributed by atoms with van der Waals surface area (Å²) in [7, 11) is 0. The summed E-state index contributed by atoms with van der Waals surface area (Å²) in [4.78, 5) is 27.5. The average molecular weight is 544 g/mol. The maximum absolute atomic E-state index is 13.2. The first-order valence-electron chi connectivity index (χ1n) is 12.8. The number of carbonyl (C=O) groups is 2. The van der Waals surface area contributed by atoms with Crippen LogP contribution in [-0.2, 0) is 16.4 Å². The lowest BCUT2D eigenvalue weighted by Gasteiger charge is -2.24. The second-order valence-corrected chi connectivity index (χ2v) is 11.2. The van der Waals surface area contributed by atoms with Gasteiger partial charge in [-0.25, -0.2) is 9.48 Å². The van der Waals surface area contributed by atoms with E-state index >= 15 is 0 Å². The Balaban J connectivity index is 1.85. The van der Waals surface area contributed by atoms with Gasteiger partial charge in [0.15, 0.2) is 0 Å². The number of halogens is 3. The van der Waals surface area contributed by atoms with Crippen LogP contribution in [0.4, 0.5) is 29.5 Å². The van der Waals surface area contributed by atoms with Crippen LogP contribution in [0.15, 0.2) is 48.5 Å². The Morgan fingerprint density at radius 1 is 1.00 bits per heavy atom. The van der Waals surface area contributed by atoms with Crippen LogP contribution in [0.5, 0.6) is 0 Å². The van der Waals surface area contributed by atoms with Crippen molar-refractivity contribution >= 4 is 23.4 Å².